The standard InChI is InChI=1S/C21H41N7O12/c1-5-21(36,4-30)16(40-17-9(26-2)13(34)10(31)6(3-29)38-17)18(37-5)39-15-8(28-20(24)25)11(32)7(27-19(22)23)12(33)14(15)35/h5-18,26,29-36H,3-4H2,1-2H3,(H4,22,23,27)(H4,24,25,28)/t5-,6?,7?,8-,9?,10-,11?,12-,13?,14?,15?,16?,17-,18-,21?/m0/s1. The number of nitrogens with one attached hydrogen (secondary N) is 1. The second-order valence-electron chi connectivity index (χ2n) is 10.0. The highest BCUT2D eigenvalue weighted by atomic mass is 16.8. The molecule has 3 fully saturated rings. The highest BCUT2D eigenvalue weighted by Crippen LogP contribution is 2.39. The van der Waals surface area contributed by atoms with E-state index in [4.69, 9.17) is 41.9 Å². The van der Waals surface area contributed by atoms with Crippen LogP contribution in [0.3, 0.4) is 0 Å². The van der Waals surface area contributed by atoms with E-state index >= 15 is 0 Å². The van der Waals surface area contributed by atoms with Crippen molar-refractivity contribution >= 4 is 11.9 Å². The van der Waals surface area contributed by atoms with Gasteiger partial charge in [-0.25, -0.2) is 9.98 Å². The summed E-state index contributed by atoms with van der Waals surface area (Å²) in [5.41, 5.74) is 19.7. The van der Waals surface area contributed by atoms with Crippen LogP contribution >= 0.6 is 0 Å². The summed E-state index contributed by atoms with van der Waals surface area (Å²) in [5, 5.41) is 87.0. The lowest BCUT2D eigenvalue weighted by Gasteiger charge is -2.45. The van der Waals surface area contributed by atoms with Crippen molar-refractivity contribution in [3.05, 3.63) is 0 Å². The number of nitrogens with two attached hydrogens (primary N) is 4. The molecule has 0 radical (unpaired) electrons. The Labute approximate surface area is 229 Å². The zero-order valence-electron chi connectivity index (χ0n) is 21.9. The van der Waals surface area contributed by atoms with Gasteiger partial charge in [0.2, 0.25) is 0 Å². The van der Waals surface area contributed by atoms with E-state index in [1.54, 1.807) is 0 Å². The largest absolute Gasteiger partial charge is 0.394 e. The normalized spacial score (nSPS) is 47.5. The maximum absolute atomic E-state index is 11.3. The van der Waals surface area contributed by atoms with Crippen molar-refractivity contribution in [2.24, 2.45) is 32.9 Å². The maximum Gasteiger partial charge on any atom is 0.187 e. The Balaban J connectivity index is 1.96. The summed E-state index contributed by atoms with van der Waals surface area (Å²) in [6, 6.07) is -4.00. The van der Waals surface area contributed by atoms with Crippen LogP contribution in [-0.4, -0.2) is 164 Å². The molecule has 15 atom stereocenters. The molecule has 40 heavy (non-hydrogen) atoms. The van der Waals surface area contributed by atoms with E-state index in [9.17, 15) is 40.9 Å². The number of nitrogens with zero attached hydrogens (tertiary/aromatic N) is 2. The van der Waals surface area contributed by atoms with Crippen LogP contribution in [0, 0.1) is 0 Å². The smallest absolute Gasteiger partial charge is 0.187 e. The molecule has 0 aromatic heterocycles. The van der Waals surface area contributed by atoms with Crippen LogP contribution in [0.15, 0.2) is 9.98 Å². The summed E-state index contributed by atoms with van der Waals surface area (Å²) in [7, 11) is 1.44. The molecule has 2 aliphatic heterocycles. The van der Waals surface area contributed by atoms with Crippen molar-refractivity contribution < 1.29 is 59.8 Å². The number of aliphatic imine (C=N–C) groups is 2. The van der Waals surface area contributed by atoms with Crippen LogP contribution in [0.25, 0.3) is 0 Å². The maximum atomic E-state index is 11.3. The van der Waals surface area contributed by atoms with Crippen LogP contribution < -0.4 is 28.3 Å². The Morgan fingerprint density at radius 3 is 1.95 bits per heavy atom. The SMILES string of the molecule is CNC1C(O)[C@@H](O)C(CO)O[C@H]1OC1[C@H](OC2C(O)[C@@H](O)C(N=C(N)N)C(O)[C@@H]2N=C(N)N)O[C@@H](C)C1(O)CO. The molecule has 0 spiro atoms. The third kappa shape index (κ3) is 6.11. The second-order valence-corrected chi connectivity index (χ2v) is 10.0. The summed E-state index contributed by atoms with van der Waals surface area (Å²) < 4.78 is 23.2. The number of hydrogen-bond acceptors (Lipinski definition) is 15. The predicted octanol–water partition coefficient (Wildman–Crippen LogP) is -8.37. The van der Waals surface area contributed by atoms with Gasteiger partial charge >= 0.3 is 0 Å². The molecule has 3 aliphatic rings. The Bertz CT molecular complexity index is 911. The number of likely N-dealkylation sites (N-methyl/N-ethyl adjacent to an activating group) is 1. The van der Waals surface area contributed by atoms with Gasteiger partial charge < -0.3 is 88.1 Å². The zero-order chi connectivity index (χ0) is 30.1. The summed E-state index contributed by atoms with van der Waals surface area (Å²) >= 11 is 0. The fourth-order valence-electron chi connectivity index (χ4n) is 5.17. The van der Waals surface area contributed by atoms with E-state index in [2.05, 4.69) is 15.3 Å². The zero-order valence-corrected chi connectivity index (χ0v) is 21.9. The predicted molar refractivity (Wildman–Crippen MR) is 134 cm³/mol. The van der Waals surface area contributed by atoms with E-state index in [1.807, 2.05) is 0 Å². The minimum Gasteiger partial charge on any atom is -0.394 e. The van der Waals surface area contributed by atoms with Crippen molar-refractivity contribution in [2.75, 3.05) is 20.3 Å². The molecule has 9 unspecified atom stereocenters. The van der Waals surface area contributed by atoms with Gasteiger partial charge in [0.15, 0.2) is 24.5 Å². The summed E-state index contributed by atoms with van der Waals surface area (Å²) in [6.45, 7) is -0.199. The molecule has 1 aliphatic carbocycles. The molecular weight excluding hydrogens is 542 g/mol. The minimum absolute atomic E-state index is 0.493. The van der Waals surface area contributed by atoms with Crippen LogP contribution in [0.4, 0.5) is 0 Å². The van der Waals surface area contributed by atoms with Gasteiger partial charge in [0.05, 0.1) is 25.4 Å². The molecule has 0 amide bonds. The van der Waals surface area contributed by atoms with E-state index < -0.39 is 116 Å². The van der Waals surface area contributed by atoms with E-state index in [0.29, 0.717) is 0 Å². The van der Waals surface area contributed by atoms with Crippen LogP contribution in [0.1, 0.15) is 6.92 Å². The van der Waals surface area contributed by atoms with Crippen molar-refractivity contribution in [1.82, 2.24) is 5.32 Å². The Hall–Kier alpha value is -1.98. The van der Waals surface area contributed by atoms with Crippen molar-refractivity contribution in [2.45, 2.75) is 98.2 Å². The van der Waals surface area contributed by atoms with Crippen LogP contribution in [-0.2, 0) is 18.9 Å². The first-order chi connectivity index (χ1) is 18.7. The number of aliphatic hydroxyl groups is 8. The molecular formula is C21H41N7O12. The summed E-state index contributed by atoms with van der Waals surface area (Å²) in [5.74, 6) is -1.01. The molecule has 232 valence electrons. The van der Waals surface area contributed by atoms with Crippen molar-refractivity contribution in [3.8, 4) is 0 Å². The lowest BCUT2D eigenvalue weighted by Crippen LogP contribution is -2.66. The molecule has 0 aromatic carbocycles. The third-order valence-corrected chi connectivity index (χ3v) is 7.49. The quantitative estimate of drug-likeness (QED) is 0.0884. The van der Waals surface area contributed by atoms with Gasteiger partial charge in [-0.3, -0.25) is 0 Å². The monoisotopic (exact) mass is 583 g/mol. The van der Waals surface area contributed by atoms with E-state index in [-0.39, 0.29) is 0 Å². The molecule has 3 rings (SSSR count). The van der Waals surface area contributed by atoms with Crippen LogP contribution in [0.5, 0.6) is 0 Å². The number of ether oxygens (including phenoxy) is 4. The first kappa shape index (κ1) is 32.5. The van der Waals surface area contributed by atoms with Crippen LogP contribution in [0.2, 0.25) is 0 Å². The third-order valence-electron chi connectivity index (χ3n) is 7.49. The Kier molecular flexibility index (Phi) is 10.5. The van der Waals surface area contributed by atoms with Gasteiger partial charge in [-0.05, 0) is 14.0 Å². The van der Waals surface area contributed by atoms with Gasteiger partial charge in [-0.2, -0.15) is 0 Å². The fourth-order valence-corrected chi connectivity index (χ4v) is 5.17. The van der Waals surface area contributed by atoms with Gasteiger partial charge in [0.1, 0.15) is 66.5 Å². The van der Waals surface area contributed by atoms with Crippen molar-refractivity contribution in [1.29, 1.82) is 0 Å². The Morgan fingerprint density at radius 2 is 1.43 bits per heavy atom. The highest BCUT2D eigenvalue weighted by Gasteiger charge is 2.60. The highest BCUT2D eigenvalue weighted by molar-refractivity contribution is 5.76. The Morgan fingerprint density at radius 1 is 0.825 bits per heavy atom. The first-order valence-corrected chi connectivity index (χ1v) is 12.5. The molecule has 2 saturated heterocycles. The van der Waals surface area contributed by atoms with Gasteiger partial charge in [-0.1, -0.05) is 0 Å². The van der Waals surface area contributed by atoms with Gasteiger partial charge in [0.25, 0.3) is 0 Å². The number of guanidine groups is 2. The molecule has 1 saturated carbocycles. The number of aliphatic hydroxyl groups excluding tert-OH is 7. The average Bonchev–Trinajstić information content (AvgIpc) is 3.13. The molecule has 17 N–H and O–H groups in total. The van der Waals surface area contributed by atoms with E-state index in [0.717, 1.165) is 0 Å². The average molecular weight is 584 g/mol. The number of rotatable bonds is 9. The lowest BCUT2D eigenvalue weighted by molar-refractivity contribution is -0.317. The topological polar surface area (TPSA) is 340 Å². The molecule has 0 bridgehead atoms. The summed E-state index contributed by atoms with van der Waals surface area (Å²) in [4.78, 5) is 7.66. The minimum atomic E-state index is -2.15. The molecule has 0 aromatic rings. The van der Waals surface area contributed by atoms with Gasteiger partial charge in [-0.15, -0.1) is 0 Å². The molecule has 2 heterocycles. The lowest BCUT2D eigenvalue weighted by atomic mass is 9.81. The fraction of sp³-hybridized carbons (Fsp3) is 0.905. The molecule has 19 nitrogen and oxygen atoms in total. The molecule has 19 heteroatoms. The first-order valence-electron chi connectivity index (χ1n) is 12.5. The number of hydrogen-bond donors (Lipinski definition) is 13. The van der Waals surface area contributed by atoms with E-state index in [1.165, 1.54) is 14.0 Å². The second kappa shape index (κ2) is 12.9. The van der Waals surface area contributed by atoms with Crippen molar-refractivity contribution in [3.63, 3.8) is 0 Å². The summed E-state index contributed by atoms with van der Waals surface area (Å²) in [6.07, 6.45) is -16.9. The van der Waals surface area contributed by atoms with Gasteiger partial charge in [0, 0.05) is 0 Å².